The number of fused-ring (bicyclic) bond motifs is 1. The van der Waals surface area contributed by atoms with E-state index in [1.807, 2.05) is 0 Å². The summed E-state index contributed by atoms with van der Waals surface area (Å²) >= 11 is 3.44. The van der Waals surface area contributed by atoms with E-state index in [-0.39, 0.29) is 6.10 Å². The minimum atomic E-state index is 0.101. The maximum absolute atomic E-state index is 5.83. The molecule has 1 unspecified atom stereocenters. The van der Waals surface area contributed by atoms with Crippen LogP contribution in [0.2, 0.25) is 0 Å². The third-order valence-corrected chi connectivity index (χ3v) is 3.44. The summed E-state index contributed by atoms with van der Waals surface area (Å²) in [6.07, 6.45) is 0.101. The van der Waals surface area contributed by atoms with Crippen LogP contribution in [0.5, 0.6) is 0 Å². The lowest BCUT2D eigenvalue weighted by molar-refractivity contribution is 0.0939. The molecule has 1 nitrogen and oxygen atoms in total. The van der Waals surface area contributed by atoms with Crippen molar-refractivity contribution in [2.45, 2.75) is 12.7 Å². The van der Waals surface area contributed by atoms with Gasteiger partial charge in [-0.05, 0) is 28.8 Å². The maximum Gasteiger partial charge on any atom is 0.108 e. The Kier molecular flexibility index (Phi) is 2.54. The molecule has 1 heterocycles. The fraction of sp³-hybridized carbons (Fsp3) is 0.143. The standard InChI is InChI=1S/C14H11BrO/c15-12-7-5-10(6-8-12)14-13-4-2-1-3-11(13)9-16-14/h1-8,14H,9H2. The van der Waals surface area contributed by atoms with Gasteiger partial charge < -0.3 is 4.74 Å². The van der Waals surface area contributed by atoms with Gasteiger partial charge in [-0.2, -0.15) is 0 Å². The highest BCUT2D eigenvalue weighted by Crippen LogP contribution is 2.35. The zero-order valence-corrected chi connectivity index (χ0v) is 10.3. The fourth-order valence-electron chi connectivity index (χ4n) is 2.10. The molecule has 2 aromatic rings. The van der Waals surface area contributed by atoms with Crippen molar-refractivity contribution in [1.82, 2.24) is 0 Å². The van der Waals surface area contributed by atoms with Crippen molar-refractivity contribution in [3.05, 3.63) is 69.7 Å². The molecular formula is C14H11BrO. The van der Waals surface area contributed by atoms with Crippen LogP contribution in [0.25, 0.3) is 0 Å². The molecule has 80 valence electrons. The van der Waals surface area contributed by atoms with Crippen molar-refractivity contribution >= 4 is 15.9 Å². The van der Waals surface area contributed by atoms with Crippen LogP contribution in [0.1, 0.15) is 22.8 Å². The Labute approximate surface area is 103 Å². The molecule has 0 aromatic heterocycles. The Morgan fingerprint density at radius 3 is 2.56 bits per heavy atom. The van der Waals surface area contributed by atoms with E-state index < -0.39 is 0 Å². The summed E-state index contributed by atoms with van der Waals surface area (Å²) in [6.45, 7) is 0.719. The summed E-state index contributed by atoms with van der Waals surface area (Å²) in [6, 6.07) is 16.7. The highest BCUT2D eigenvalue weighted by molar-refractivity contribution is 9.10. The molecule has 0 saturated heterocycles. The van der Waals surface area contributed by atoms with Crippen LogP contribution in [0.4, 0.5) is 0 Å². The molecule has 2 heteroatoms. The van der Waals surface area contributed by atoms with Crippen molar-refractivity contribution < 1.29 is 4.74 Å². The van der Waals surface area contributed by atoms with E-state index in [0.29, 0.717) is 0 Å². The monoisotopic (exact) mass is 274 g/mol. The van der Waals surface area contributed by atoms with Gasteiger partial charge in [-0.1, -0.05) is 52.3 Å². The third kappa shape index (κ3) is 1.68. The predicted octanol–water partition coefficient (Wildman–Crippen LogP) is 4.07. The van der Waals surface area contributed by atoms with Gasteiger partial charge in [0.25, 0.3) is 0 Å². The van der Waals surface area contributed by atoms with Gasteiger partial charge in [0, 0.05) is 4.47 Å². The van der Waals surface area contributed by atoms with E-state index >= 15 is 0 Å². The third-order valence-electron chi connectivity index (χ3n) is 2.92. The Morgan fingerprint density at radius 2 is 1.75 bits per heavy atom. The lowest BCUT2D eigenvalue weighted by Crippen LogP contribution is -1.97. The number of rotatable bonds is 1. The van der Waals surface area contributed by atoms with E-state index in [9.17, 15) is 0 Å². The average molecular weight is 275 g/mol. The summed E-state index contributed by atoms with van der Waals surface area (Å²) in [5.74, 6) is 0. The first-order chi connectivity index (χ1) is 7.84. The molecule has 0 amide bonds. The van der Waals surface area contributed by atoms with E-state index in [0.717, 1.165) is 11.1 Å². The average Bonchev–Trinajstić information content (AvgIpc) is 2.74. The Morgan fingerprint density at radius 1 is 1.00 bits per heavy atom. The first-order valence-corrected chi connectivity index (χ1v) is 6.09. The maximum atomic E-state index is 5.83. The smallest absolute Gasteiger partial charge is 0.108 e. The summed E-state index contributed by atoms with van der Waals surface area (Å²) in [7, 11) is 0. The van der Waals surface area contributed by atoms with E-state index in [1.54, 1.807) is 0 Å². The molecule has 0 bridgehead atoms. The lowest BCUT2D eigenvalue weighted by atomic mass is 10.00. The van der Waals surface area contributed by atoms with Crippen LogP contribution >= 0.6 is 15.9 Å². The molecular weight excluding hydrogens is 264 g/mol. The normalized spacial score (nSPS) is 18.4. The number of hydrogen-bond donors (Lipinski definition) is 0. The molecule has 3 rings (SSSR count). The Hall–Kier alpha value is -1.12. The number of ether oxygens (including phenoxy) is 1. The van der Waals surface area contributed by atoms with E-state index in [1.165, 1.54) is 16.7 Å². The highest BCUT2D eigenvalue weighted by atomic mass is 79.9. The first-order valence-electron chi connectivity index (χ1n) is 5.29. The second kappa shape index (κ2) is 4.04. The van der Waals surface area contributed by atoms with Crippen LogP contribution in [0.15, 0.2) is 53.0 Å². The molecule has 1 aliphatic heterocycles. The van der Waals surface area contributed by atoms with Gasteiger partial charge in [-0.15, -0.1) is 0 Å². The predicted molar refractivity (Wildman–Crippen MR) is 67.2 cm³/mol. The minimum Gasteiger partial charge on any atom is -0.364 e. The molecule has 1 atom stereocenters. The Bertz CT molecular complexity index is 504. The second-order valence-electron chi connectivity index (χ2n) is 3.94. The summed E-state index contributed by atoms with van der Waals surface area (Å²) in [5, 5.41) is 0. The van der Waals surface area contributed by atoms with Crippen molar-refractivity contribution in [1.29, 1.82) is 0 Å². The van der Waals surface area contributed by atoms with Crippen LogP contribution in [-0.4, -0.2) is 0 Å². The van der Waals surface area contributed by atoms with Crippen LogP contribution < -0.4 is 0 Å². The van der Waals surface area contributed by atoms with Gasteiger partial charge in [0.15, 0.2) is 0 Å². The van der Waals surface area contributed by atoms with Crippen LogP contribution in [-0.2, 0) is 11.3 Å². The number of halogens is 1. The molecule has 0 N–H and O–H groups in total. The largest absolute Gasteiger partial charge is 0.364 e. The van der Waals surface area contributed by atoms with Gasteiger partial charge in [0.2, 0.25) is 0 Å². The molecule has 2 aromatic carbocycles. The van der Waals surface area contributed by atoms with Crippen molar-refractivity contribution in [3.63, 3.8) is 0 Å². The van der Waals surface area contributed by atoms with Gasteiger partial charge >= 0.3 is 0 Å². The molecule has 0 radical (unpaired) electrons. The highest BCUT2D eigenvalue weighted by Gasteiger charge is 2.23. The molecule has 0 fully saturated rings. The van der Waals surface area contributed by atoms with Gasteiger partial charge in [0.1, 0.15) is 6.10 Å². The SMILES string of the molecule is Brc1ccc(C2OCc3ccccc32)cc1. The second-order valence-corrected chi connectivity index (χ2v) is 4.86. The van der Waals surface area contributed by atoms with Crippen molar-refractivity contribution in [2.24, 2.45) is 0 Å². The zero-order valence-electron chi connectivity index (χ0n) is 8.69. The minimum absolute atomic E-state index is 0.101. The molecule has 0 aliphatic carbocycles. The molecule has 0 spiro atoms. The molecule has 1 aliphatic rings. The summed E-state index contributed by atoms with van der Waals surface area (Å²) in [5.41, 5.74) is 3.81. The van der Waals surface area contributed by atoms with Crippen molar-refractivity contribution in [3.8, 4) is 0 Å². The topological polar surface area (TPSA) is 9.23 Å². The van der Waals surface area contributed by atoms with Crippen molar-refractivity contribution in [2.75, 3.05) is 0 Å². The number of hydrogen-bond acceptors (Lipinski definition) is 1. The molecule has 0 saturated carbocycles. The summed E-state index contributed by atoms with van der Waals surface area (Å²) in [4.78, 5) is 0. The van der Waals surface area contributed by atoms with Crippen LogP contribution in [0.3, 0.4) is 0 Å². The van der Waals surface area contributed by atoms with Gasteiger partial charge in [-0.3, -0.25) is 0 Å². The quantitative estimate of drug-likeness (QED) is 0.762. The lowest BCUT2D eigenvalue weighted by Gasteiger charge is -2.11. The Balaban J connectivity index is 2.01. The fourth-order valence-corrected chi connectivity index (χ4v) is 2.36. The van der Waals surface area contributed by atoms with E-state index in [2.05, 4.69) is 64.5 Å². The zero-order chi connectivity index (χ0) is 11.0. The summed E-state index contributed by atoms with van der Waals surface area (Å²) < 4.78 is 6.93. The molecule has 16 heavy (non-hydrogen) atoms. The van der Waals surface area contributed by atoms with Crippen LogP contribution in [0, 0.1) is 0 Å². The first kappa shape index (κ1) is 10.1. The van der Waals surface area contributed by atoms with E-state index in [4.69, 9.17) is 4.74 Å². The van der Waals surface area contributed by atoms with Gasteiger partial charge in [0.05, 0.1) is 6.61 Å². The van der Waals surface area contributed by atoms with Gasteiger partial charge in [-0.25, -0.2) is 0 Å². The number of benzene rings is 2.